The van der Waals surface area contributed by atoms with Crippen LogP contribution in [0.2, 0.25) is 0 Å². The third-order valence-electron chi connectivity index (χ3n) is 3.29. The standard InChI is InChI=1S/C14H16N2OS/c15-7-10-1-3-11(4-2-10)13-9-18-14(16-13)12-5-6-17-8-12/h1-4,9,12H,5-8,15H2. The number of nitrogens with two attached hydrogens (primary N) is 1. The van der Waals surface area contributed by atoms with Gasteiger partial charge in [0.25, 0.3) is 0 Å². The summed E-state index contributed by atoms with van der Waals surface area (Å²) in [5, 5.41) is 3.33. The summed E-state index contributed by atoms with van der Waals surface area (Å²) in [5.74, 6) is 0.493. The van der Waals surface area contributed by atoms with Gasteiger partial charge in [0.1, 0.15) is 0 Å². The SMILES string of the molecule is NCc1ccc(-c2csc(C3CCOC3)n2)cc1. The zero-order valence-corrected chi connectivity index (χ0v) is 11.0. The molecule has 1 aromatic carbocycles. The van der Waals surface area contributed by atoms with Crippen LogP contribution in [0.15, 0.2) is 29.6 Å². The van der Waals surface area contributed by atoms with E-state index in [-0.39, 0.29) is 0 Å². The molecule has 0 radical (unpaired) electrons. The average molecular weight is 260 g/mol. The number of benzene rings is 1. The normalized spacial score (nSPS) is 19.3. The summed E-state index contributed by atoms with van der Waals surface area (Å²) in [6.45, 7) is 2.27. The molecular formula is C14H16N2OS. The van der Waals surface area contributed by atoms with Crippen LogP contribution >= 0.6 is 11.3 Å². The van der Waals surface area contributed by atoms with Crippen LogP contribution in [0.3, 0.4) is 0 Å². The number of hydrogen-bond donors (Lipinski definition) is 1. The zero-order chi connectivity index (χ0) is 12.4. The minimum Gasteiger partial charge on any atom is -0.381 e. The van der Waals surface area contributed by atoms with E-state index in [9.17, 15) is 0 Å². The lowest BCUT2D eigenvalue weighted by atomic mass is 10.1. The summed E-state index contributed by atoms with van der Waals surface area (Å²) in [7, 11) is 0. The minimum absolute atomic E-state index is 0.493. The highest BCUT2D eigenvalue weighted by Gasteiger charge is 2.21. The van der Waals surface area contributed by atoms with Gasteiger partial charge in [-0.2, -0.15) is 0 Å². The Balaban J connectivity index is 1.82. The van der Waals surface area contributed by atoms with Gasteiger partial charge in [0.2, 0.25) is 0 Å². The van der Waals surface area contributed by atoms with Gasteiger partial charge in [0, 0.05) is 30.0 Å². The molecule has 94 valence electrons. The van der Waals surface area contributed by atoms with Gasteiger partial charge in [-0.25, -0.2) is 4.98 Å². The second kappa shape index (κ2) is 5.18. The van der Waals surface area contributed by atoms with E-state index >= 15 is 0 Å². The van der Waals surface area contributed by atoms with Crippen LogP contribution in [0.25, 0.3) is 11.3 Å². The van der Waals surface area contributed by atoms with Gasteiger partial charge in [-0.05, 0) is 12.0 Å². The Morgan fingerprint density at radius 2 is 2.17 bits per heavy atom. The molecular weight excluding hydrogens is 244 g/mol. The van der Waals surface area contributed by atoms with Crippen LogP contribution < -0.4 is 5.73 Å². The fourth-order valence-electron chi connectivity index (χ4n) is 2.15. The molecule has 0 bridgehead atoms. The first-order valence-electron chi connectivity index (χ1n) is 6.19. The maximum Gasteiger partial charge on any atom is 0.0987 e. The molecule has 1 unspecified atom stereocenters. The van der Waals surface area contributed by atoms with Gasteiger partial charge >= 0.3 is 0 Å². The Morgan fingerprint density at radius 3 is 2.83 bits per heavy atom. The second-order valence-electron chi connectivity index (χ2n) is 4.53. The van der Waals surface area contributed by atoms with Crippen molar-refractivity contribution in [2.24, 2.45) is 5.73 Å². The third kappa shape index (κ3) is 2.32. The smallest absolute Gasteiger partial charge is 0.0987 e. The Labute approximate surface area is 111 Å². The van der Waals surface area contributed by atoms with E-state index in [1.165, 1.54) is 5.01 Å². The molecule has 4 heteroatoms. The molecule has 1 atom stereocenters. The van der Waals surface area contributed by atoms with E-state index in [2.05, 4.69) is 29.6 Å². The predicted octanol–water partition coefficient (Wildman–Crippen LogP) is 2.77. The first kappa shape index (κ1) is 11.8. The maximum atomic E-state index is 5.60. The largest absolute Gasteiger partial charge is 0.381 e. The van der Waals surface area contributed by atoms with Crippen LogP contribution in [-0.2, 0) is 11.3 Å². The summed E-state index contributed by atoms with van der Waals surface area (Å²) in [6.07, 6.45) is 1.10. The van der Waals surface area contributed by atoms with E-state index in [0.29, 0.717) is 12.5 Å². The first-order chi connectivity index (χ1) is 8.86. The maximum absolute atomic E-state index is 5.60. The number of ether oxygens (including phenoxy) is 1. The number of hydrogen-bond acceptors (Lipinski definition) is 4. The number of rotatable bonds is 3. The molecule has 1 aliphatic rings. The molecule has 0 aliphatic carbocycles. The summed E-state index contributed by atoms with van der Waals surface area (Å²) in [4.78, 5) is 4.73. The van der Waals surface area contributed by atoms with Gasteiger partial charge in [0.15, 0.2) is 0 Å². The van der Waals surface area contributed by atoms with Crippen molar-refractivity contribution in [3.63, 3.8) is 0 Å². The van der Waals surface area contributed by atoms with Crippen LogP contribution in [0.4, 0.5) is 0 Å². The molecule has 3 rings (SSSR count). The van der Waals surface area contributed by atoms with Crippen LogP contribution in [0.5, 0.6) is 0 Å². The lowest BCUT2D eigenvalue weighted by Crippen LogP contribution is -1.97. The van der Waals surface area contributed by atoms with Crippen LogP contribution in [0.1, 0.15) is 22.9 Å². The van der Waals surface area contributed by atoms with Crippen molar-refractivity contribution in [3.8, 4) is 11.3 Å². The van der Waals surface area contributed by atoms with Crippen molar-refractivity contribution in [1.29, 1.82) is 0 Å². The van der Waals surface area contributed by atoms with Crippen molar-refractivity contribution >= 4 is 11.3 Å². The topological polar surface area (TPSA) is 48.1 Å². The molecule has 3 nitrogen and oxygen atoms in total. The second-order valence-corrected chi connectivity index (χ2v) is 5.42. The Morgan fingerprint density at radius 1 is 1.33 bits per heavy atom. The van der Waals surface area contributed by atoms with E-state index in [1.54, 1.807) is 11.3 Å². The van der Waals surface area contributed by atoms with E-state index in [0.717, 1.165) is 36.5 Å². The Bertz CT molecular complexity index is 515. The van der Waals surface area contributed by atoms with Crippen molar-refractivity contribution in [2.45, 2.75) is 18.9 Å². The molecule has 2 heterocycles. The van der Waals surface area contributed by atoms with Crippen LogP contribution in [-0.4, -0.2) is 18.2 Å². The van der Waals surface area contributed by atoms with Gasteiger partial charge in [-0.1, -0.05) is 24.3 Å². The fraction of sp³-hybridized carbons (Fsp3) is 0.357. The Hall–Kier alpha value is -1.23. The van der Waals surface area contributed by atoms with E-state index in [4.69, 9.17) is 15.5 Å². The molecule has 1 aromatic heterocycles. The molecule has 0 saturated carbocycles. The van der Waals surface area contributed by atoms with Crippen molar-refractivity contribution in [1.82, 2.24) is 4.98 Å². The fourth-order valence-corrected chi connectivity index (χ4v) is 3.10. The molecule has 2 aromatic rings. The molecule has 2 N–H and O–H groups in total. The third-order valence-corrected chi connectivity index (χ3v) is 4.29. The summed E-state index contributed by atoms with van der Waals surface area (Å²) >= 11 is 1.74. The highest BCUT2D eigenvalue weighted by atomic mass is 32.1. The zero-order valence-electron chi connectivity index (χ0n) is 10.1. The van der Waals surface area contributed by atoms with Gasteiger partial charge in [-0.15, -0.1) is 11.3 Å². The van der Waals surface area contributed by atoms with E-state index in [1.807, 2.05) is 0 Å². The Kier molecular flexibility index (Phi) is 3.41. The van der Waals surface area contributed by atoms with Crippen LogP contribution in [0, 0.1) is 0 Å². The monoisotopic (exact) mass is 260 g/mol. The minimum atomic E-state index is 0.493. The molecule has 1 aliphatic heterocycles. The van der Waals surface area contributed by atoms with E-state index < -0.39 is 0 Å². The first-order valence-corrected chi connectivity index (χ1v) is 7.07. The summed E-state index contributed by atoms with van der Waals surface area (Å²) in [5.41, 5.74) is 8.97. The predicted molar refractivity (Wildman–Crippen MR) is 73.6 cm³/mol. The van der Waals surface area contributed by atoms with Crippen molar-refractivity contribution in [3.05, 3.63) is 40.2 Å². The van der Waals surface area contributed by atoms with Gasteiger partial charge < -0.3 is 10.5 Å². The van der Waals surface area contributed by atoms with Gasteiger partial charge in [-0.3, -0.25) is 0 Å². The highest BCUT2D eigenvalue weighted by Crippen LogP contribution is 2.31. The average Bonchev–Trinajstić information content (AvgIpc) is 3.09. The molecule has 0 amide bonds. The number of thiazole rings is 1. The molecule has 18 heavy (non-hydrogen) atoms. The number of nitrogens with zero attached hydrogens (tertiary/aromatic N) is 1. The van der Waals surface area contributed by atoms with Crippen molar-refractivity contribution < 1.29 is 4.74 Å². The molecule has 1 fully saturated rings. The lowest BCUT2D eigenvalue weighted by Gasteiger charge is -2.02. The summed E-state index contributed by atoms with van der Waals surface area (Å²) < 4.78 is 5.41. The molecule has 0 spiro atoms. The molecule has 1 saturated heterocycles. The lowest BCUT2D eigenvalue weighted by molar-refractivity contribution is 0.194. The van der Waals surface area contributed by atoms with Crippen molar-refractivity contribution in [2.75, 3.05) is 13.2 Å². The quantitative estimate of drug-likeness (QED) is 0.923. The summed E-state index contributed by atoms with van der Waals surface area (Å²) in [6, 6.07) is 8.30. The highest BCUT2D eigenvalue weighted by molar-refractivity contribution is 7.10. The van der Waals surface area contributed by atoms with Gasteiger partial charge in [0.05, 0.1) is 17.3 Å². The number of aromatic nitrogens is 1.